The Morgan fingerprint density at radius 3 is 2.77 bits per heavy atom. The van der Waals surface area contributed by atoms with E-state index in [2.05, 4.69) is 72.2 Å². The van der Waals surface area contributed by atoms with Gasteiger partial charge in [0.05, 0.1) is 6.04 Å². The van der Waals surface area contributed by atoms with Crippen LogP contribution in [0.4, 0.5) is 5.69 Å². The Morgan fingerprint density at radius 2 is 2.00 bits per heavy atom. The zero-order valence-electron chi connectivity index (χ0n) is 16.2. The number of nitrogens with zero attached hydrogens (tertiary/aromatic N) is 3. The number of rotatable bonds is 3. The van der Waals surface area contributed by atoms with Crippen molar-refractivity contribution in [2.75, 3.05) is 25.0 Å². The standard InChI is InChI=1S/C23H29N3/c1-15-4-8-20-19(12-15)22-18-7-9-21(25(3)14-18)23(22)26(20)11-10-17-6-5-16(2)24-13-17/h4-6,8,12-13,18,21-23H,7,9-11,14H2,1-3H3/t18-,21-,22+,23+/m0/s1. The first-order chi connectivity index (χ1) is 12.6. The van der Waals surface area contributed by atoms with E-state index < -0.39 is 0 Å². The van der Waals surface area contributed by atoms with Crippen LogP contribution < -0.4 is 4.90 Å². The average Bonchev–Trinajstić information content (AvgIpc) is 2.97. The third-order valence-corrected chi connectivity index (χ3v) is 7.02. The van der Waals surface area contributed by atoms with E-state index in [9.17, 15) is 0 Å². The van der Waals surface area contributed by atoms with Crippen molar-refractivity contribution in [1.29, 1.82) is 0 Å². The van der Waals surface area contributed by atoms with E-state index in [4.69, 9.17) is 0 Å². The summed E-state index contributed by atoms with van der Waals surface area (Å²) >= 11 is 0. The van der Waals surface area contributed by atoms with Gasteiger partial charge in [-0.05, 0) is 69.3 Å². The molecule has 26 heavy (non-hydrogen) atoms. The minimum atomic E-state index is 0.655. The van der Waals surface area contributed by atoms with Gasteiger partial charge in [-0.1, -0.05) is 23.8 Å². The second-order valence-electron chi connectivity index (χ2n) is 8.67. The number of benzene rings is 1. The van der Waals surface area contributed by atoms with Gasteiger partial charge < -0.3 is 9.80 Å². The minimum absolute atomic E-state index is 0.655. The van der Waals surface area contributed by atoms with Crippen LogP contribution in [0.5, 0.6) is 0 Å². The second kappa shape index (κ2) is 6.09. The Morgan fingerprint density at radius 1 is 1.12 bits per heavy atom. The molecule has 0 unspecified atom stereocenters. The van der Waals surface area contributed by atoms with Gasteiger partial charge in [-0.3, -0.25) is 4.98 Å². The number of fused-ring (bicyclic) bond motifs is 3. The van der Waals surface area contributed by atoms with Gasteiger partial charge in [0, 0.05) is 42.6 Å². The zero-order valence-corrected chi connectivity index (χ0v) is 16.2. The molecule has 4 atom stereocenters. The molecule has 3 heteroatoms. The summed E-state index contributed by atoms with van der Waals surface area (Å²) in [4.78, 5) is 9.86. The van der Waals surface area contributed by atoms with E-state index in [0.717, 1.165) is 30.5 Å². The van der Waals surface area contributed by atoms with E-state index in [1.807, 2.05) is 0 Å². The Labute approximate surface area is 157 Å². The molecule has 1 aliphatic carbocycles. The first kappa shape index (κ1) is 16.3. The van der Waals surface area contributed by atoms with Crippen LogP contribution in [-0.4, -0.2) is 42.1 Å². The molecular weight excluding hydrogens is 318 g/mol. The van der Waals surface area contributed by atoms with Gasteiger partial charge >= 0.3 is 0 Å². The quantitative estimate of drug-likeness (QED) is 0.838. The van der Waals surface area contributed by atoms with Crippen LogP contribution in [0.25, 0.3) is 0 Å². The summed E-state index contributed by atoms with van der Waals surface area (Å²) in [5.74, 6) is 1.55. The Balaban J connectivity index is 1.48. The lowest BCUT2D eigenvalue weighted by molar-refractivity contribution is 0.0370. The monoisotopic (exact) mass is 347 g/mol. The molecule has 1 aromatic carbocycles. The topological polar surface area (TPSA) is 19.4 Å². The lowest BCUT2D eigenvalue weighted by Crippen LogP contribution is -2.61. The molecule has 3 fully saturated rings. The second-order valence-corrected chi connectivity index (χ2v) is 8.67. The maximum Gasteiger partial charge on any atom is 0.0517 e. The molecule has 0 amide bonds. The zero-order chi connectivity index (χ0) is 17.8. The fourth-order valence-electron chi connectivity index (χ4n) is 5.81. The number of hydrogen-bond donors (Lipinski definition) is 0. The summed E-state index contributed by atoms with van der Waals surface area (Å²) in [7, 11) is 2.34. The first-order valence-corrected chi connectivity index (χ1v) is 10.1. The van der Waals surface area contributed by atoms with Crippen LogP contribution in [0, 0.1) is 19.8 Å². The summed E-state index contributed by atoms with van der Waals surface area (Å²) in [6, 6.07) is 12.9. The average molecular weight is 348 g/mol. The van der Waals surface area contributed by atoms with Crippen LogP contribution in [0.2, 0.25) is 0 Å². The molecule has 6 rings (SSSR count). The Kier molecular flexibility index (Phi) is 3.82. The van der Waals surface area contributed by atoms with Crippen molar-refractivity contribution in [3.63, 3.8) is 0 Å². The van der Waals surface area contributed by atoms with Gasteiger partial charge in [0.2, 0.25) is 0 Å². The van der Waals surface area contributed by atoms with Crippen LogP contribution >= 0.6 is 0 Å². The molecule has 4 heterocycles. The van der Waals surface area contributed by atoms with Crippen molar-refractivity contribution in [3.05, 3.63) is 58.9 Å². The third-order valence-electron chi connectivity index (χ3n) is 7.02. The van der Waals surface area contributed by atoms with Crippen molar-refractivity contribution in [3.8, 4) is 0 Å². The van der Waals surface area contributed by atoms with Crippen molar-refractivity contribution >= 4 is 5.69 Å². The first-order valence-electron chi connectivity index (χ1n) is 10.1. The van der Waals surface area contributed by atoms with Crippen molar-refractivity contribution < 1.29 is 0 Å². The van der Waals surface area contributed by atoms with E-state index in [1.165, 1.54) is 36.2 Å². The maximum atomic E-state index is 4.49. The summed E-state index contributed by atoms with van der Waals surface area (Å²) in [6.45, 7) is 6.67. The number of likely N-dealkylation sites (N-methyl/N-ethyl adjacent to an activating group) is 1. The summed E-state index contributed by atoms with van der Waals surface area (Å²) in [5.41, 5.74) is 6.98. The van der Waals surface area contributed by atoms with Gasteiger partial charge in [-0.25, -0.2) is 0 Å². The molecule has 2 saturated heterocycles. The number of piperidine rings is 2. The normalized spacial score (nSPS) is 29.7. The smallest absolute Gasteiger partial charge is 0.0517 e. The minimum Gasteiger partial charge on any atom is -0.366 e. The Bertz CT molecular complexity index is 813. The highest BCUT2D eigenvalue weighted by molar-refractivity contribution is 5.64. The molecule has 3 nitrogen and oxygen atoms in total. The van der Waals surface area contributed by atoms with Gasteiger partial charge in [0.15, 0.2) is 0 Å². The molecule has 2 aromatic rings. The van der Waals surface area contributed by atoms with E-state index in [-0.39, 0.29) is 0 Å². The summed E-state index contributed by atoms with van der Waals surface area (Å²) in [6.07, 6.45) is 5.89. The molecule has 136 valence electrons. The summed E-state index contributed by atoms with van der Waals surface area (Å²) in [5, 5.41) is 0. The number of hydrogen-bond acceptors (Lipinski definition) is 3. The lowest BCUT2D eigenvalue weighted by Gasteiger charge is -2.53. The predicted octanol–water partition coefficient (Wildman–Crippen LogP) is 3.94. The molecule has 0 N–H and O–H groups in total. The molecule has 1 saturated carbocycles. The molecule has 0 radical (unpaired) electrons. The maximum absolute atomic E-state index is 4.49. The van der Waals surface area contributed by atoms with Gasteiger partial charge in [-0.2, -0.15) is 0 Å². The number of anilines is 1. The molecule has 2 bridgehead atoms. The fraction of sp³-hybridized carbons (Fsp3) is 0.522. The SMILES string of the molecule is Cc1ccc2c(c1)[C@H]1[C@H]3CC[C@@H]([C@H]1N2CCc1ccc(C)nc1)N(C)C3. The molecule has 4 aliphatic rings. The lowest BCUT2D eigenvalue weighted by atomic mass is 9.67. The van der Waals surface area contributed by atoms with Crippen LogP contribution in [-0.2, 0) is 6.42 Å². The van der Waals surface area contributed by atoms with Crippen molar-refractivity contribution in [2.24, 2.45) is 5.92 Å². The third kappa shape index (κ3) is 2.48. The Hall–Kier alpha value is -1.87. The predicted molar refractivity (Wildman–Crippen MR) is 107 cm³/mol. The largest absolute Gasteiger partial charge is 0.366 e. The number of aryl methyl sites for hydroxylation is 2. The van der Waals surface area contributed by atoms with Crippen molar-refractivity contribution in [2.45, 2.75) is 51.1 Å². The summed E-state index contributed by atoms with van der Waals surface area (Å²) < 4.78 is 0. The van der Waals surface area contributed by atoms with Crippen LogP contribution in [0.1, 0.15) is 41.1 Å². The number of aromatic nitrogens is 1. The van der Waals surface area contributed by atoms with E-state index in [1.54, 1.807) is 5.56 Å². The van der Waals surface area contributed by atoms with E-state index in [0.29, 0.717) is 12.1 Å². The molecule has 3 aliphatic heterocycles. The highest BCUT2D eigenvalue weighted by Crippen LogP contribution is 2.54. The molecular formula is C23H29N3. The fourth-order valence-corrected chi connectivity index (χ4v) is 5.81. The van der Waals surface area contributed by atoms with Crippen LogP contribution in [0.15, 0.2) is 36.5 Å². The van der Waals surface area contributed by atoms with Gasteiger partial charge in [-0.15, -0.1) is 0 Å². The van der Waals surface area contributed by atoms with Gasteiger partial charge in [0.1, 0.15) is 0 Å². The molecule has 0 spiro atoms. The van der Waals surface area contributed by atoms with E-state index >= 15 is 0 Å². The van der Waals surface area contributed by atoms with Gasteiger partial charge in [0.25, 0.3) is 0 Å². The van der Waals surface area contributed by atoms with Crippen LogP contribution in [0.3, 0.4) is 0 Å². The molecule has 1 aromatic heterocycles. The van der Waals surface area contributed by atoms with Crippen molar-refractivity contribution in [1.82, 2.24) is 9.88 Å². The highest BCUT2D eigenvalue weighted by atomic mass is 15.3. The number of pyridine rings is 1. The highest BCUT2D eigenvalue weighted by Gasteiger charge is 2.53.